The number of carboxylic acid groups (broad SMARTS) is 1. The molecule has 8 nitrogen and oxygen atoms in total. The number of fused-ring (bicyclic) bond motifs is 4. The molecular weight excluding hydrogens is 508 g/mol. The van der Waals surface area contributed by atoms with Crippen LogP contribution in [0.2, 0.25) is 0 Å². The Kier molecular flexibility index (Phi) is 7.21. The lowest BCUT2D eigenvalue weighted by atomic mass is 9.91. The number of carbonyl (C=O) groups is 1. The molecule has 0 amide bonds. The Bertz CT molecular complexity index is 1480. The van der Waals surface area contributed by atoms with Crippen molar-refractivity contribution in [2.45, 2.75) is 38.9 Å². The van der Waals surface area contributed by atoms with E-state index in [1.54, 1.807) is 0 Å². The molecule has 3 aromatic carbocycles. The van der Waals surface area contributed by atoms with E-state index in [1.807, 2.05) is 49.4 Å². The van der Waals surface area contributed by atoms with E-state index >= 15 is 0 Å². The summed E-state index contributed by atoms with van der Waals surface area (Å²) in [7, 11) is -3.01. The number of benzene rings is 3. The van der Waals surface area contributed by atoms with Gasteiger partial charge in [-0.05, 0) is 60.4 Å². The van der Waals surface area contributed by atoms with Crippen LogP contribution >= 0.6 is 0 Å². The van der Waals surface area contributed by atoms with Crippen LogP contribution in [0.25, 0.3) is 11.1 Å². The molecule has 200 valence electrons. The SMILES string of the molecule is Cc1cc(OCCCS(C)(=O)=O)cc2c1-c1cc(COc3ccc4c(c3)OC[C@H]4CC(=O)O)ccc1OC2. The maximum Gasteiger partial charge on any atom is 0.304 e. The topological polar surface area (TPSA) is 108 Å². The minimum Gasteiger partial charge on any atom is -0.494 e. The van der Waals surface area contributed by atoms with E-state index in [9.17, 15) is 13.2 Å². The highest BCUT2D eigenvalue weighted by atomic mass is 32.2. The Labute approximate surface area is 222 Å². The zero-order valence-corrected chi connectivity index (χ0v) is 22.2. The minimum atomic E-state index is -3.01. The van der Waals surface area contributed by atoms with Gasteiger partial charge in [0.25, 0.3) is 0 Å². The Morgan fingerprint density at radius 3 is 2.66 bits per heavy atom. The number of hydrogen-bond acceptors (Lipinski definition) is 7. The fourth-order valence-corrected chi connectivity index (χ4v) is 5.60. The second kappa shape index (κ2) is 10.6. The van der Waals surface area contributed by atoms with Crippen molar-refractivity contribution in [3.63, 3.8) is 0 Å². The molecule has 1 atom stereocenters. The first-order valence-electron chi connectivity index (χ1n) is 12.5. The van der Waals surface area contributed by atoms with Crippen LogP contribution in [0.5, 0.6) is 23.0 Å². The van der Waals surface area contributed by atoms with Crippen LogP contribution < -0.4 is 18.9 Å². The molecule has 2 aliphatic rings. The summed E-state index contributed by atoms with van der Waals surface area (Å²) in [5.74, 6) is 1.95. The predicted molar refractivity (Wildman–Crippen MR) is 142 cm³/mol. The van der Waals surface area contributed by atoms with Gasteiger partial charge >= 0.3 is 5.97 Å². The van der Waals surface area contributed by atoms with Crippen molar-refractivity contribution in [1.82, 2.24) is 0 Å². The largest absolute Gasteiger partial charge is 0.494 e. The van der Waals surface area contributed by atoms with Gasteiger partial charge in [0, 0.05) is 34.9 Å². The molecule has 2 aliphatic heterocycles. The third-order valence-corrected chi connectivity index (χ3v) is 7.74. The molecule has 0 spiro atoms. The molecule has 0 bridgehead atoms. The second-order valence-corrected chi connectivity index (χ2v) is 12.1. The van der Waals surface area contributed by atoms with Crippen LogP contribution in [0, 0.1) is 6.92 Å². The van der Waals surface area contributed by atoms with Gasteiger partial charge in [0.15, 0.2) is 0 Å². The van der Waals surface area contributed by atoms with E-state index < -0.39 is 15.8 Å². The molecule has 0 aromatic heterocycles. The summed E-state index contributed by atoms with van der Waals surface area (Å²) < 4.78 is 46.2. The molecule has 0 unspecified atom stereocenters. The van der Waals surface area contributed by atoms with Crippen molar-refractivity contribution < 1.29 is 37.3 Å². The number of aryl methyl sites for hydroxylation is 1. The summed E-state index contributed by atoms with van der Waals surface area (Å²) in [5.41, 5.74) is 6.03. The number of rotatable bonds is 10. The van der Waals surface area contributed by atoms with E-state index in [1.165, 1.54) is 6.26 Å². The lowest BCUT2D eigenvalue weighted by molar-refractivity contribution is -0.137. The van der Waals surface area contributed by atoms with E-state index in [4.69, 9.17) is 24.1 Å². The fourth-order valence-electron chi connectivity index (χ4n) is 4.95. The molecule has 9 heteroatoms. The van der Waals surface area contributed by atoms with Crippen LogP contribution in [-0.4, -0.2) is 44.7 Å². The van der Waals surface area contributed by atoms with Gasteiger partial charge in [0.05, 0.1) is 25.4 Å². The predicted octanol–water partition coefficient (Wildman–Crippen LogP) is 4.90. The lowest BCUT2D eigenvalue weighted by Gasteiger charge is -2.24. The Morgan fingerprint density at radius 2 is 1.87 bits per heavy atom. The third kappa shape index (κ3) is 5.88. The van der Waals surface area contributed by atoms with Crippen LogP contribution in [0.15, 0.2) is 48.5 Å². The van der Waals surface area contributed by atoms with Gasteiger partial charge in [0.2, 0.25) is 0 Å². The molecule has 3 aromatic rings. The van der Waals surface area contributed by atoms with Crippen molar-refractivity contribution >= 4 is 15.8 Å². The molecular formula is C29H30O8S. The molecule has 1 N–H and O–H groups in total. The monoisotopic (exact) mass is 538 g/mol. The average molecular weight is 539 g/mol. The lowest BCUT2D eigenvalue weighted by Crippen LogP contribution is -2.10. The zero-order valence-electron chi connectivity index (χ0n) is 21.4. The highest BCUT2D eigenvalue weighted by molar-refractivity contribution is 7.90. The van der Waals surface area contributed by atoms with E-state index in [2.05, 4.69) is 6.07 Å². The van der Waals surface area contributed by atoms with Crippen molar-refractivity contribution in [3.8, 4) is 34.1 Å². The molecule has 5 rings (SSSR count). The maximum absolute atomic E-state index is 11.3. The first kappa shape index (κ1) is 25.9. The van der Waals surface area contributed by atoms with Crippen LogP contribution in [0.4, 0.5) is 0 Å². The van der Waals surface area contributed by atoms with Crippen molar-refractivity contribution in [1.29, 1.82) is 0 Å². The maximum atomic E-state index is 11.3. The van der Waals surface area contributed by atoms with Crippen LogP contribution in [-0.2, 0) is 27.8 Å². The van der Waals surface area contributed by atoms with Gasteiger partial charge in [-0.25, -0.2) is 8.42 Å². The van der Waals surface area contributed by atoms with Gasteiger partial charge in [-0.15, -0.1) is 0 Å². The number of sulfone groups is 1. The molecule has 0 aliphatic carbocycles. The summed E-state index contributed by atoms with van der Waals surface area (Å²) in [6, 6.07) is 15.5. The molecule has 0 saturated heterocycles. The summed E-state index contributed by atoms with van der Waals surface area (Å²) >= 11 is 0. The quantitative estimate of drug-likeness (QED) is 0.363. The molecule has 0 fully saturated rings. The Balaban J connectivity index is 1.28. The minimum absolute atomic E-state index is 0.0437. The van der Waals surface area contributed by atoms with E-state index in [0.29, 0.717) is 50.1 Å². The molecule has 0 saturated carbocycles. The number of hydrogen-bond donors (Lipinski definition) is 1. The third-order valence-electron chi connectivity index (χ3n) is 6.71. The van der Waals surface area contributed by atoms with Crippen molar-refractivity contribution in [3.05, 3.63) is 70.8 Å². The normalized spacial score (nSPS) is 15.5. The summed E-state index contributed by atoms with van der Waals surface area (Å²) in [5, 5.41) is 9.09. The van der Waals surface area contributed by atoms with E-state index in [-0.39, 0.29) is 18.1 Å². The van der Waals surface area contributed by atoms with Gasteiger partial charge in [0.1, 0.15) is 46.0 Å². The van der Waals surface area contributed by atoms with Gasteiger partial charge in [-0.2, -0.15) is 0 Å². The van der Waals surface area contributed by atoms with Crippen molar-refractivity contribution in [2.75, 3.05) is 25.2 Å². The standard InChI is InChI=1S/C29H30O8S/c1-18-10-23(34-8-3-9-38(2,32)33)12-21-17-36-26-7-4-19(11-25(26)29(18)21)15-35-22-5-6-24-20(13-28(30)31)16-37-27(24)14-22/h4-7,10-12,14,20H,3,8-9,13,15-17H2,1-2H3,(H,30,31)/t20-/m1/s1. The fraction of sp³-hybridized carbons (Fsp3) is 0.345. The average Bonchev–Trinajstić information content (AvgIpc) is 3.25. The van der Waals surface area contributed by atoms with Crippen LogP contribution in [0.1, 0.15) is 41.0 Å². The molecule has 0 radical (unpaired) electrons. The summed E-state index contributed by atoms with van der Waals surface area (Å²) in [6.07, 6.45) is 1.71. The Hall–Kier alpha value is -3.72. The molecule has 38 heavy (non-hydrogen) atoms. The number of aliphatic carboxylic acids is 1. The van der Waals surface area contributed by atoms with Gasteiger partial charge in [-0.1, -0.05) is 12.1 Å². The van der Waals surface area contributed by atoms with Crippen LogP contribution in [0.3, 0.4) is 0 Å². The van der Waals surface area contributed by atoms with Crippen molar-refractivity contribution in [2.24, 2.45) is 0 Å². The smallest absolute Gasteiger partial charge is 0.304 e. The first-order valence-corrected chi connectivity index (χ1v) is 14.5. The summed E-state index contributed by atoms with van der Waals surface area (Å²) in [6.45, 7) is 3.50. The van der Waals surface area contributed by atoms with Gasteiger partial charge < -0.3 is 24.1 Å². The first-order chi connectivity index (χ1) is 18.2. The number of carboxylic acids is 1. The van der Waals surface area contributed by atoms with Gasteiger partial charge in [-0.3, -0.25) is 4.79 Å². The zero-order chi connectivity index (χ0) is 26.9. The Morgan fingerprint density at radius 1 is 1.03 bits per heavy atom. The highest BCUT2D eigenvalue weighted by Crippen LogP contribution is 2.42. The second-order valence-electron chi connectivity index (χ2n) is 9.82. The molecule has 2 heterocycles. The number of ether oxygens (including phenoxy) is 4. The highest BCUT2D eigenvalue weighted by Gasteiger charge is 2.27. The summed E-state index contributed by atoms with van der Waals surface area (Å²) in [4.78, 5) is 11.1. The van der Waals surface area contributed by atoms with E-state index in [0.717, 1.165) is 39.1 Å².